The molecule has 0 radical (unpaired) electrons. The lowest BCUT2D eigenvalue weighted by atomic mass is 9.53. The molecule has 0 N–H and O–H groups in total. The predicted molar refractivity (Wildman–Crippen MR) is 71.0 cm³/mol. The summed E-state index contributed by atoms with van der Waals surface area (Å²) in [5.74, 6) is 1.50. The maximum atomic E-state index is 12.6. The van der Waals surface area contributed by atoms with E-state index in [9.17, 15) is 4.79 Å². The van der Waals surface area contributed by atoms with Crippen molar-refractivity contribution in [3.05, 3.63) is 36.5 Å². The van der Waals surface area contributed by atoms with Gasteiger partial charge < -0.3 is 4.74 Å². The number of methoxy groups -OCH3 is 1. The van der Waals surface area contributed by atoms with Crippen molar-refractivity contribution in [3.8, 4) is 0 Å². The average Bonchev–Trinajstić information content (AvgIpc) is 2.85. The number of fused-ring (bicyclic) bond motifs is 1. The van der Waals surface area contributed by atoms with Crippen LogP contribution in [-0.4, -0.2) is 18.5 Å². The van der Waals surface area contributed by atoms with Gasteiger partial charge in [0.2, 0.25) is 0 Å². The summed E-state index contributed by atoms with van der Waals surface area (Å²) in [5.41, 5.74) is 0.647. The molecule has 0 heterocycles. The number of hydrogen-bond acceptors (Lipinski definition) is 2. The zero-order valence-electron chi connectivity index (χ0n) is 11.1. The molecule has 2 nitrogen and oxygen atoms in total. The fraction of sp³-hybridized carbons (Fsp3) is 0.562. The summed E-state index contributed by atoms with van der Waals surface area (Å²) < 4.78 is 5.73. The van der Waals surface area contributed by atoms with Gasteiger partial charge in [0.15, 0.2) is 11.4 Å². The lowest BCUT2D eigenvalue weighted by molar-refractivity contribution is -0.158. The van der Waals surface area contributed by atoms with E-state index in [1.807, 2.05) is 6.08 Å². The van der Waals surface area contributed by atoms with Crippen molar-refractivity contribution in [2.24, 2.45) is 23.7 Å². The van der Waals surface area contributed by atoms with Gasteiger partial charge in [-0.05, 0) is 30.8 Å². The first kappa shape index (κ1) is 11.9. The Morgan fingerprint density at radius 3 is 3.06 bits per heavy atom. The van der Waals surface area contributed by atoms with Gasteiger partial charge in [0.1, 0.15) is 0 Å². The van der Waals surface area contributed by atoms with Crippen molar-refractivity contribution in [2.75, 3.05) is 7.11 Å². The molecule has 0 saturated heterocycles. The van der Waals surface area contributed by atoms with E-state index in [0.717, 1.165) is 12.8 Å². The Labute approximate surface area is 108 Å². The molecule has 0 aromatic carbocycles. The van der Waals surface area contributed by atoms with Crippen molar-refractivity contribution in [2.45, 2.75) is 25.4 Å². The molecule has 0 aliphatic heterocycles. The second-order valence-electron chi connectivity index (χ2n) is 5.74. The van der Waals surface area contributed by atoms with Gasteiger partial charge in [-0.25, -0.2) is 0 Å². The van der Waals surface area contributed by atoms with Crippen LogP contribution in [0.1, 0.15) is 19.8 Å². The molecule has 2 heteroatoms. The third-order valence-corrected chi connectivity index (χ3v) is 5.05. The van der Waals surface area contributed by atoms with E-state index in [4.69, 9.17) is 4.74 Å². The van der Waals surface area contributed by atoms with Crippen LogP contribution in [0.25, 0.3) is 0 Å². The van der Waals surface area contributed by atoms with Crippen LogP contribution in [0.3, 0.4) is 0 Å². The van der Waals surface area contributed by atoms with Crippen LogP contribution >= 0.6 is 0 Å². The second-order valence-corrected chi connectivity index (χ2v) is 5.74. The standard InChI is InChI=1S/C16H20O2/c1-4-6-11-9-16(18-3)13-8-5-7-12(13)14(11)10(2)15(16)17/h4-5,8-10,12-14H,1,6-7H2,2-3H3/t10?,12-,13+,14-,16-/m1/s1. The third-order valence-electron chi connectivity index (χ3n) is 5.05. The summed E-state index contributed by atoms with van der Waals surface area (Å²) in [6.45, 7) is 5.90. The highest BCUT2D eigenvalue weighted by molar-refractivity contribution is 5.95. The quantitative estimate of drug-likeness (QED) is 0.713. The molecule has 0 spiro atoms. The Morgan fingerprint density at radius 2 is 2.39 bits per heavy atom. The van der Waals surface area contributed by atoms with E-state index >= 15 is 0 Å². The molecule has 0 aromatic rings. The van der Waals surface area contributed by atoms with Crippen LogP contribution in [0.15, 0.2) is 36.5 Å². The molecular weight excluding hydrogens is 224 g/mol. The summed E-state index contributed by atoms with van der Waals surface area (Å²) in [6.07, 6.45) is 10.4. The number of carbonyl (C=O) groups excluding carboxylic acids is 1. The van der Waals surface area contributed by atoms with Crippen LogP contribution in [0, 0.1) is 23.7 Å². The second kappa shape index (κ2) is 3.92. The van der Waals surface area contributed by atoms with E-state index in [-0.39, 0.29) is 17.6 Å². The number of allylic oxidation sites excluding steroid dienone is 3. The van der Waals surface area contributed by atoms with E-state index in [0.29, 0.717) is 11.8 Å². The lowest BCUT2D eigenvalue weighted by Crippen LogP contribution is -2.61. The molecule has 4 aliphatic rings. The Morgan fingerprint density at radius 1 is 1.61 bits per heavy atom. The van der Waals surface area contributed by atoms with Gasteiger partial charge >= 0.3 is 0 Å². The number of Topliss-reactive ketones (excluding diaryl/α,β-unsaturated/α-hetero) is 1. The molecule has 1 fully saturated rings. The Hall–Kier alpha value is -1.15. The number of carbonyl (C=O) groups is 1. The van der Waals surface area contributed by atoms with E-state index < -0.39 is 5.60 Å². The maximum absolute atomic E-state index is 12.6. The summed E-state index contributed by atoms with van der Waals surface area (Å²) >= 11 is 0. The number of hydrogen-bond donors (Lipinski definition) is 0. The first-order chi connectivity index (χ1) is 8.65. The molecular formula is C16H20O2. The molecule has 5 atom stereocenters. The topological polar surface area (TPSA) is 26.3 Å². The summed E-state index contributed by atoms with van der Waals surface area (Å²) in [7, 11) is 1.67. The van der Waals surface area contributed by atoms with Gasteiger partial charge in [0.25, 0.3) is 0 Å². The Balaban J connectivity index is 2.15. The van der Waals surface area contributed by atoms with E-state index in [2.05, 4.69) is 31.7 Å². The minimum Gasteiger partial charge on any atom is -0.366 e. The number of ketones is 1. The number of ether oxygens (including phenoxy) is 1. The maximum Gasteiger partial charge on any atom is 0.172 e. The molecule has 1 unspecified atom stereocenters. The molecule has 0 aromatic heterocycles. The molecule has 1 saturated carbocycles. The average molecular weight is 244 g/mol. The molecule has 4 aliphatic carbocycles. The van der Waals surface area contributed by atoms with Crippen LogP contribution in [0.2, 0.25) is 0 Å². The lowest BCUT2D eigenvalue weighted by Gasteiger charge is -2.53. The van der Waals surface area contributed by atoms with Crippen LogP contribution in [-0.2, 0) is 9.53 Å². The van der Waals surface area contributed by atoms with Crippen LogP contribution in [0.5, 0.6) is 0 Å². The zero-order chi connectivity index (χ0) is 12.9. The van der Waals surface area contributed by atoms with Crippen molar-refractivity contribution in [3.63, 3.8) is 0 Å². The number of rotatable bonds is 3. The SMILES string of the molecule is C=CCC1=C[C@]2(OC)C(=O)C(C)[C@H]1[C@@H]1CC=C[C@@H]12. The highest BCUT2D eigenvalue weighted by Gasteiger charge is 2.61. The molecule has 4 rings (SSSR count). The smallest absolute Gasteiger partial charge is 0.172 e. The van der Waals surface area contributed by atoms with Crippen LogP contribution < -0.4 is 0 Å². The van der Waals surface area contributed by atoms with Crippen molar-refractivity contribution in [1.82, 2.24) is 0 Å². The van der Waals surface area contributed by atoms with Crippen LogP contribution in [0.4, 0.5) is 0 Å². The zero-order valence-corrected chi connectivity index (χ0v) is 11.1. The van der Waals surface area contributed by atoms with E-state index in [1.54, 1.807) is 7.11 Å². The van der Waals surface area contributed by atoms with Gasteiger partial charge in [0, 0.05) is 18.9 Å². The van der Waals surface area contributed by atoms with Crippen molar-refractivity contribution < 1.29 is 9.53 Å². The van der Waals surface area contributed by atoms with Crippen molar-refractivity contribution >= 4 is 5.78 Å². The molecule has 18 heavy (non-hydrogen) atoms. The van der Waals surface area contributed by atoms with E-state index in [1.165, 1.54) is 5.57 Å². The summed E-state index contributed by atoms with van der Waals surface area (Å²) in [5, 5.41) is 0. The van der Waals surface area contributed by atoms with Gasteiger partial charge in [-0.3, -0.25) is 4.79 Å². The highest BCUT2D eigenvalue weighted by Crippen LogP contribution is 2.57. The monoisotopic (exact) mass is 244 g/mol. The molecule has 2 bridgehead atoms. The Bertz CT molecular complexity index is 460. The highest BCUT2D eigenvalue weighted by atomic mass is 16.5. The predicted octanol–water partition coefficient (Wildman–Crippen LogP) is 2.92. The minimum absolute atomic E-state index is 0.0750. The largest absolute Gasteiger partial charge is 0.366 e. The summed E-state index contributed by atoms with van der Waals surface area (Å²) in [4.78, 5) is 12.6. The fourth-order valence-electron chi connectivity index (χ4n) is 4.35. The van der Waals surface area contributed by atoms with Gasteiger partial charge in [-0.15, -0.1) is 6.58 Å². The first-order valence-electron chi connectivity index (χ1n) is 6.74. The normalized spacial score (nSPS) is 45.0. The summed E-state index contributed by atoms with van der Waals surface area (Å²) in [6, 6.07) is 0. The first-order valence-corrected chi connectivity index (χ1v) is 6.74. The minimum atomic E-state index is -0.704. The van der Waals surface area contributed by atoms with Gasteiger partial charge in [-0.1, -0.05) is 30.7 Å². The Kier molecular flexibility index (Phi) is 2.60. The fourth-order valence-corrected chi connectivity index (χ4v) is 4.35. The van der Waals surface area contributed by atoms with Crippen molar-refractivity contribution in [1.29, 1.82) is 0 Å². The van der Waals surface area contributed by atoms with Gasteiger partial charge in [0.05, 0.1) is 0 Å². The third kappa shape index (κ3) is 1.24. The van der Waals surface area contributed by atoms with Gasteiger partial charge in [-0.2, -0.15) is 0 Å². The molecule has 0 amide bonds. The molecule has 96 valence electrons.